The number of halogens is 1. The van der Waals surface area contributed by atoms with Crippen molar-refractivity contribution in [1.29, 1.82) is 0 Å². The minimum atomic E-state index is -0.426. The Kier molecular flexibility index (Phi) is 5.31. The normalized spacial score (nSPS) is 11.1. The molecule has 0 saturated carbocycles. The molecule has 3 rings (SSSR count). The van der Waals surface area contributed by atoms with Gasteiger partial charge < -0.3 is 20.4 Å². The van der Waals surface area contributed by atoms with Crippen LogP contribution < -0.4 is 5.73 Å². The molecule has 0 aliphatic carbocycles. The SMILES string of the molecule is CCOC(=O)c1cc2c(cc1Br)nc(N)c1nc(CN(CC)C(C)=O)[nH]c12. The lowest BCUT2D eigenvalue weighted by molar-refractivity contribution is -0.129. The topological polar surface area (TPSA) is 114 Å². The van der Waals surface area contributed by atoms with E-state index >= 15 is 0 Å². The van der Waals surface area contributed by atoms with E-state index in [0.29, 0.717) is 50.9 Å². The molecule has 0 atom stereocenters. The summed E-state index contributed by atoms with van der Waals surface area (Å²) in [6, 6.07) is 3.43. The Hall–Kier alpha value is -2.68. The number of anilines is 1. The Morgan fingerprint density at radius 3 is 2.67 bits per heavy atom. The van der Waals surface area contributed by atoms with Crippen LogP contribution in [0.4, 0.5) is 5.82 Å². The highest BCUT2D eigenvalue weighted by molar-refractivity contribution is 9.10. The number of esters is 1. The first-order chi connectivity index (χ1) is 12.8. The number of aromatic nitrogens is 3. The third-order valence-corrected chi connectivity index (χ3v) is 4.91. The third-order valence-electron chi connectivity index (χ3n) is 4.25. The summed E-state index contributed by atoms with van der Waals surface area (Å²) in [6.07, 6.45) is 0. The molecule has 0 unspecified atom stereocenters. The number of hydrogen-bond donors (Lipinski definition) is 2. The van der Waals surface area contributed by atoms with Crippen LogP contribution in [-0.4, -0.2) is 44.9 Å². The van der Waals surface area contributed by atoms with Crippen molar-refractivity contribution in [3.05, 3.63) is 28.0 Å². The third kappa shape index (κ3) is 3.59. The molecule has 0 spiro atoms. The highest BCUT2D eigenvalue weighted by Gasteiger charge is 2.18. The summed E-state index contributed by atoms with van der Waals surface area (Å²) in [5.41, 5.74) is 8.27. The molecule has 2 heterocycles. The zero-order valence-electron chi connectivity index (χ0n) is 15.3. The summed E-state index contributed by atoms with van der Waals surface area (Å²) in [5, 5.41) is 0.704. The fraction of sp³-hybridized carbons (Fsp3) is 0.333. The number of H-pyrrole nitrogens is 1. The van der Waals surface area contributed by atoms with E-state index in [9.17, 15) is 9.59 Å². The van der Waals surface area contributed by atoms with E-state index in [1.165, 1.54) is 6.92 Å². The van der Waals surface area contributed by atoms with Gasteiger partial charge in [-0.05, 0) is 41.9 Å². The largest absolute Gasteiger partial charge is 0.462 e. The zero-order chi connectivity index (χ0) is 19.7. The monoisotopic (exact) mass is 433 g/mol. The standard InChI is InChI=1S/C18H20BrN5O3/c1-4-24(9(3)25)8-14-22-15-11-6-10(18(26)27-5-2)12(19)7-13(11)21-17(20)16(15)23-14/h6-7H,4-5,8H2,1-3H3,(H2,20,21)(H,22,23). The van der Waals surface area contributed by atoms with Crippen LogP contribution in [0.15, 0.2) is 16.6 Å². The van der Waals surface area contributed by atoms with Crippen LogP contribution in [0.3, 0.4) is 0 Å². The molecule has 0 bridgehead atoms. The van der Waals surface area contributed by atoms with Gasteiger partial charge in [-0.25, -0.2) is 14.8 Å². The first-order valence-electron chi connectivity index (χ1n) is 8.55. The minimum Gasteiger partial charge on any atom is -0.462 e. The molecule has 27 heavy (non-hydrogen) atoms. The average molecular weight is 434 g/mol. The molecule has 0 radical (unpaired) electrons. The van der Waals surface area contributed by atoms with Crippen molar-refractivity contribution in [1.82, 2.24) is 19.9 Å². The summed E-state index contributed by atoms with van der Waals surface area (Å²) >= 11 is 3.39. The molecular formula is C18H20BrN5O3. The van der Waals surface area contributed by atoms with Crippen LogP contribution in [0.1, 0.15) is 37.0 Å². The van der Waals surface area contributed by atoms with Crippen LogP contribution in [0.5, 0.6) is 0 Å². The van der Waals surface area contributed by atoms with E-state index in [0.717, 1.165) is 0 Å². The number of rotatable bonds is 5. The summed E-state index contributed by atoms with van der Waals surface area (Å²) < 4.78 is 5.69. The van der Waals surface area contributed by atoms with Gasteiger partial charge in [0.1, 0.15) is 11.3 Å². The molecule has 1 aromatic carbocycles. The van der Waals surface area contributed by atoms with Crippen molar-refractivity contribution in [3.63, 3.8) is 0 Å². The van der Waals surface area contributed by atoms with Gasteiger partial charge >= 0.3 is 5.97 Å². The number of amides is 1. The smallest absolute Gasteiger partial charge is 0.339 e. The molecule has 3 N–H and O–H groups in total. The quantitative estimate of drug-likeness (QED) is 0.597. The first-order valence-corrected chi connectivity index (χ1v) is 9.34. The number of nitrogens with one attached hydrogen (secondary N) is 1. The molecule has 142 valence electrons. The summed E-state index contributed by atoms with van der Waals surface area (Å²) in [4.78, 5) is 37.7. The maximum absolute atomic E-state index is 12.2. The van der Waals surface area contributed by atoms with Crippen molar-refractivity contribution >= 4 is 55.6 Å². The van der Waals surface area contributed by atoms with Crippen molar-refractivity contribution < 1.29 is 14.3 Å². The Labute approximate surface area is 164 Å². The van der Waals surface area contributed by atoms with Crippen molar-refractivity contribution in [2.45, 2.75) is 27.3 Å². The number of nitrogen functional groups attached to an aromatic ring is 1. The van der Waals surface area contributed by atoms with E-state index < -0.39 is 5.97 Å². The van der Waals surface area contributed by atoms with Gasteiger partial charge in [-0.3, -0.25) is 4.79 Å². The Balaban J connectivity index is 2.17. The van der Waals surface area contributed by atoms with Gasteiger partial charge in [0.2, 0.25) is 5.91 Å². The highest BCUT2D eigenvalue weighted by Crippen LogP contribution is 2.31. The number of benzene rings is 1. The number of nitrogens with zero attached hydrogens (tertiary/aromatic N) is 3. The maximum Gasteiger partial charge on any atom is 0.339 e. The summed E-state index contributed by atoms with van der Waals surface area (Å²) in [6.45, 7) is 6.36. The molecule has 0 fully saturated rings. The van der Waals surface area contributed by atoms with Crippen LogP contribution in [0, 0.1) is 0 Å². The molecule has 0 aliphatic heterocycles. The second-order valence-electron chi connectivity index (χ2n) is 6.01. The number of ether oxygens (including phenoxy) is 1. The van der Waals surface area contributed by atoms with E-state index in [4.69, 9.17) is 10.5 Å². The number of aromatic amines is 1. The molecule has 3 aromatic rings. The summed E-state index contributed by atoms with van der Waals surface area (Å²) in [7, 11) is 0. The Bertz CT molecular complexity index is 1050. The van der Waals surface area contributed by atoms with E-state index in [-0.39, 0.29) is 18.3 Å². The summed E-state index contributed by atoms with van der Waals surface area (Å²) in [5.74, 6) is 0.414. The van der Waals surface area contributed by atoms with Crippen molar-refractivity contribution in [2.24, 2.45) is 0 Å². The van der Waals surface area contributed by atoms with Gasteiger partial charge in [-0.1, -0.05) is 0 Å². The number of fused-ring (bicyclic) bond motifs is 3. The Morgan fingerprint density at radius 2 is 2.04 bits per heavy atom. The highest BCUT2D eigenvalue weighted by atomic mass is 79.9. The molecule has 2 aromatic heterocycles. The number of nitrogens with two attached hydrogens (primary N) is 1. The van der Waals surface area contributed by atoms with Crippen LogP contribution in [0.2, 0.25) is 0 Å². The van der Waals surface area contributed by atoms with Crippen LogP contribution in [0.25, 0.3) is 21.9 Å². The number of pyridine rings is 1. The van der Waals surface area contributed by atoms with E-state index in [1.807, 2.05) is 6.92 Å². The number of carbonyl (C=O) groups is 2. The number of carbonyl (C=O) groups excluding carboxylic acids is 2. The molecule has 8 nitrogen and oxygen atoms in total. The average Bonchev–Trinajstić information content (AvgIpc) is 3.04. The Morgan fingerprint density at radius 1 is 1.30 bits per heavy atom. The van der Waals surface area contributed by atoms with Crippen LogP contribution >= 0.6 is 15.9 Å². The lowest BCUT2D eigenvalue weighted by atomic mass is 10.1. The molecule has 9 heteroatoms. The van der Waals surface area contributed by atoms with Crippen LogP contribution in [-0.2, 0) is 16.1 Å². The van der Waals surface area contributed by atoms with Gasteiger partial charge in [0, 0.05) is 23.3 Å². The molecule has 0 aliphatic rings. The lowest BCUT2D eigenvalue weighted by Crippen LogP contribution is -2.28. The van der Waals surface area contributed by atoms with Gasteiger partial charge in [0.25, 0.3) is 0 Å². The maximum atomic E-state index is 12.2. The van der Waals surface area contributed by atoms with Gasteiger partial charge in [-0.15, -0.1) is 0 Å². The molecule has 1 amide bonds. The second-order valence-corrected chi connectivity index (χ2v) is 6.86. The predicted octanol–water partition coefficient (Wildman–Crippen LogP) is 3.00. The van der Waals surface area contributed by atoms with Crippen molar-refractivity contribution in [3.8, 4) is 0 Å². The fourth-order valence-electron chi connectivity index (χ4n) is 2.91. The lowest BCUT2D eigenvalue weighted by Gasteiger charge is -2.16. The van der Waals surface area contributed by atoms with E-state index in [2.05, 4.69) is 30.9 Å². The first kappa shape index (κ1) is 19.1. The second kappa shape index (κ2) is 7.51. The fourth-order valence-corrected chi connectivity index (χ4v) is 3.40. The zero-order valence-corrected chi connectivity index (χ0v) is 16.9. The van der Waals surface area contributed by atoms with Crippen molar-refractivity contribution in [2.75, 3.05) is 18.9 Å². The predicted molar refractivity (Wildman–Crippen MR) is 106 cm³/mol. The number of hydrogen-bond acceptors (Lipinski definition) is 6. The van der Waals surface area contributed by atoms with Gasteiger partial charge in [-0.2, -0.15) is 0 Å². The van der Waals surface area contributed by atoms with E-state index in [1.54, 1.807) is 24.0 Å². The van der Waals surface area contributed by atoms with Gasteiger partial charge in [0.05, 0.1) is 29.7 Å². The molecular weight excluding hydrogens is 414 g/mol. The molecule has 0 saturated heterocycles. The minimum absolute atomic E-state index is 0.0394. The number of imidazole rings is 1. The van der Waals surface area contributed by atoms with Gasteiger partial charge in [0.15, 0.2) is 5.82 Å².